The van der Waals surface area contributed by atoms with E-state index in [-0.39, 0.29) is 30.8 Å². The van der Waals surface area contributed by atoms with Gasteiger partial charge in [0.1, 0.15) is 0 Å². The van der Waals surface area contributed by atoms with Crippen molar-refractivity contribution in [3.8, 4) is 0 Å². The number of rotatable bonds is 1. The summed E-state index contributed by atoms with van der Waals surface area (Å²) < 4.78 is 4.46. The van der Waals surface area contributed by atoms with Gasteiger partial charge in [0, 0.05) is 12.4 Å². The molecule has 0 bridgehead atoms. The Morgan fingerprint density at radius 1 is 1.50 bits per heavy atom. The molecule has 1 aromatic rings. The van der Waals surface area contributed by atoms with Gasteiger partial charge < -0.3 is 4.74 Å². The zero-order chi connectivity index (χ0) is 7.40. The van der Waals surface area contributed by atoms with E-state index in [1.54, 1.807) is 18.3 Å². The fourth-order valence-corrected chi connectivity index (χ4v) is 0.601. The molecule has 1 rings (SSSR count). The zero-order valence-corrected chi connectivity index (χ0v) is 8.02. The van der Waals surface area contributed by atoms with Crippen LogP contribution in [-0.2, 0) is 4.74 Å². The van der Waals surface area contributed by atoms with Crippen LogP contribution in [0.4, 0.5) is 0 Å². The van der Waals surface area contributed by atoms with E-state index >= 15 is 0 Å². The van der Waals surface area contributed by atoms with Gasteiger partial charge in [-0.2, -0.15) is 0 Å². The Hall–Kier alpha value is -0.800. The molecular formula is C7H9Cl2NO2. The van der Waals surface area contributed by atoms with Crippen molar-refractivity contribution in [2.75, 3.05) is 7.11 Å². The normalized spacial score (nSPS) is 7.42. The average Bonchev–Trinajstić information content (AvgIpc) is 2.05. The van der Waals surface area contributed by atoms with Gasteiger partial charge in [0.05, 0.1) is 12.7 Å². The van der Waals surface area contributed by atoms with Crippen molar-refractivity contribution in [3.05, 3.63) is 30.1 Å². The van der Waals surface area contributed by atoms with Crippen molar-refractivity contribution in [3.63, 3.8) is 0 Å². The van der Waals surface area contributed by atoms with Crippen LogP contribution in [0.15, 0.2) is 24.5 Å². The van der Waals surface area contributed by atoms with Gasteiger partial charge in [0.15, 0.2) is 0 Å². The maximum Gasteiger partial charge on any atom is 0.339 e. The summed E-state index contributed by atoms with van der Waals surface area (Å²) in [6.07, 6.45) is 3.07. The highest BCUT2D eigenvalue weighted by molar-refractivity contribution is 5.88. The number of hydrogen-bond acceptors (Lipinski definition) is 3. The second kappa shape index (κ2) is 6.88. The smallest absolute Gasteiger partial charge is 0.339 e. The molecule has 0 radical (unpaired) electrons. The van der Waals surface area contributed by atoms with Gasteiger partial charge in [-0.05, 0) is 12.1 Å². The lowest BCUT2D eigenvalue weighted by Gasteiger charge is -1.94. The van der Waals surface area contributed by atoms with E-state index in [0.29, 0.717) is 5.56 Å². The largest absolute Gasteiger partial charge is 0.465 e. The third kappa shape index (κ3) is 3.55. The number of esters is 1. The molecule has 0 saturated carbocycles. The maximum absolute atomic E-state index is 10.8. The molecule has 0 aliphatic rings. The molecule has 0 saturated heterocycles. The van der Waals surface area contributed by atoms with Gasteiger partial charge in [-0.1, -0.05) is 0 Å². The van der Waals surface area contributed by atoms with E-state index in [9.17, 15) is 4.79 Å². The fourth-order valence-electron chi connectivity index (χ4n) is 0.601. The Morgan fingerprint density at radius 2 is 2.17 bits per heavy atom. The molecule has 68 valence electrons. The molecule has 0 amide bonds. The number of nitrogens with zero attached hydrogens (tertiary/aromatic N) is 1. The van der Waals surface area contributed by atoms with E-state index in [1.807, 2.05) is 0 Å². The van der Waals surface area contributed by atoms with Crippen LogP contribution in [0.1, 0.15) is 10.4 Å². The number of hydrogen-bond donors (Lipinski definition) is 0. The topological polar surface area (TPSA) is 39.2 Å². The number of methoxy groups -OCH3 is 1. The van der Waals surface area contributed by atoms with Crippen molar-refractivity contribution in [1.29, 1.82) is 0 Å². The Kier molecular flexibility index (Phi) is 7.90. The minimum atomic E-state index is -0.354. The lowest BCUT2D eigenvalue weighted by Crippen LogP contribution is -2.00. The summed E-state index contributed by atoms with van der Waals surface area (Å²) >= 11 is 0. The summed E-state index contributed by atoms with van der Waals surface area (Å²) in [7, 11) is 1.34. The first-order valence-electron chi connectivity index (χ1n) is 2.83. The highest BCUT2D eigenvalue weighted by Gasteiger charge is 2.01. The van der Waals surface area contributed by atoms with Crippen molar-refractivity contribution < 1.29 is 9.53 Å². The fraction of sp³-hybridized carbons (Fsp3) is 0.143. The monoisotopic (exact) mass is 209 g/mol. The van der Waals surface area contributed by atoms with E-state index in [1.165, 1.54) is 13.3 Å². The Balaban J connectivity index is 0. The predicted octanol–water partition coefficient (Wildman–Crippen LogP) is 1.71. The molecule has 5 heteroatoms. The van der Waals surface area contributed by atoms with Gasteiger partial charge in [-0.3, -0.25) is 4.98 Å². The molecule has 1 aromatic heterocycles. The lowest BCUT2D eigenvalue weighted by molar-refractivity contribution is 0.0600. The maximum atomic E-state index is 10.8. The molecule has 0 atom stereocenters. The summed E-state index contributed by atoms with van der Waals surface area (Å²) in [5.74, 6) is -0.354. The van der Waals surface area contributed by atoms with Crippen molar-refractivity contribution in [2.24, 2.45) is 0 Å². The summed E-state index contributed by atoms with van der Waals surface area (Å²) in [5.41, 5.74) is 0.477. The summed E-state index contributed by atoms with van der Waals surface area (Å²) in [6, 6.07) is 3.34. The van der Waals surface area contributed by atoms with Crippen LogP contribution in [0.2, 0.25) is 0 Å². The average molecular weight is 210 g/mol. The molecule has 0 N–H and O–H groups in total. The lowest BCUT2D eigenvalue weighted by atomic mass is 10.3. The van der Waals surface area contributed by atoms with Crippen LogP contribution in [0.25, 0.3) is 0 Å². The Bertz CT molecular complexity index is 228. The minimum absolute atomic E-state index is 0. The quantitative estimate of drug-likeness (QED) is 0.662. The molecule has 0 unspecified atom stereocenters. The van der Waals surface area contributed by atoms with Gasteiger partial charge >= 0.3 is 5.97 Å². The molecule has 0 fully saturated rings. The van der Waals surface area contributed by atoms with E-state index in [0.717, 1.165) is 0 Å². The van der Waals surface area contributed by atoms with Crippen LogP contribution >= 0.6 is 24.8 Å². The number of aromatic nitrogens is 1. The molecule has 1 heterocycles. The predicted molar refractivity (Wildman–Crippen MR) is 50.1 cm³/mol. The number of carbonyl (C=O) groups excluding carboxylic acids is 1. The molecule has 0 spiro atoms. The highest BCUT2D eigenvalue weighted by atomic mass is 35.5. The second-order valence-corrected chi connectivity index (χ2v) is 1.73. The molecule has 0 aliphatic carbocycles. The summed E-state index contributed by atoms with van der Waals surface area (Å²) in [5, 5.41) is 0. The minimum Gasteiger partial charge on any atom is -0.465 e. The number of carbonyl (C=O) groups is 1. The summed E-state index contributed by atoms with van der Waals surface area (Å²) in [6.45, 7) is 0. The standard InChI is InChI=1S/C7H7NO2.2ClH/c1-10-7(9)6-3-2-4-8-5-6;;/h2-5H,1H3;2*1H. The van der Waals surface area contributed by atoms with Crippen molar-refractivity contribution in [1.82, 2.24) is 4.98 Å². The SMILES string of the molecule is COC(=O)c1cccnc1.Cl.Cl. The van der Waals surface area contributed by atoms with Crippen LogP contribution in [0.3, 0.4) is 0 Å². The number of halogens is 2. The third-order valence-corrected chi connectivity index (χ3v) is 1.08. The van der Waals surface area contributed by atoms with Crippen molar-refractivity contribution >= 4 is 30.8 Å². The van der Waals surface area contributed by atoms with Crippen LogP contribution in [0, 0.1) is 0 Å². The van der Waals surface area contributed by atoms with E-state index < -0.39 is 0 Å². The first-order valence-corrected chi connectivity index (χ1v) is 2.83. The Labute approximate surface area is 83.0 Å². The first kappa shape index (κ1) is 13.8. The van der Waals surface area contributed by atoms with Crippen LogP contribution in [0.5, 0.6) is 0 Å². The summed E-state index contributed by atoms with van der Waals surface area (Å²) in [4.78, 5) is 14.5. The third-order valence-electron chi connectivity index (χ3n) is 1.08. The second-order valence-electron chi connectivity index (χ2n) is 1.73. The van der Waals surface area contributed by atoms with Crippen molar-refractivity contribution in [2.45, 2.75) is 0 Å². The van der Waals surface area contributed by atoms with Gasteiger partial charge in [-0.25, -0.2) is 4.79 Å². The van der Waals surface area contributed by atoms with Crippen LogP contribution in [-0.4, -0.2) is 18.1 Å². The van der Waals surface area contributed by atoms with Gasteiger partial charge in [0.25, 0.3) is 0 Å². The Morgan fingerprint density at radius 3 is 2.58 bits per heavy atom. The van der Waals surface area contributed by atoms with E-state index in [4.69, 9.17) is 0 Å². The molecule has 12 heavy (non-hydrogen) atoms. The number of ether oxygens (including phenoxy) is 1. The van der Waals surface area contributed by atoms with Gasteiger partial charge in [0.2, 0.25) is 0 Å². The van der Waals surface area contributed by atoms with Gasteiger partial charge in [-0.15, -0.1) is 24.8 Å². The number of pyridine rings is 1. The first-order chi connectivity index (χ1) is 4.84. The molecule has 3 nitrogen and oxygen atoms in total. The molecule has 0 aliphatic heterocycles. The van der Waals surface area contributed by atoms with Crippen LogP contribution < -0.4 is 0 Å². The van der Waals surface area contributed by atoms with E-state index in [2.05, 4.69) is 9.72 Å². The molecular weight excluding hydrogens is 201 g/mol. The highest BCUT2D eigenvalue weighted by Crippen LogP contribution is 1.96. The zero-order valence-electron chi connectivity index (χ0n) is 6.39. The molecule has 0 aromatic carbocycles.